The molecule has 0 aliphatic carbocycles. The van der Waals surface area contributed by atoms with Gasteiger partial charge in [-0.25, -0.2) is 4.39 Å². The second-order valence-electron chi connectivity index (χ2n) is 4.99. The third-order valence-electron chi connectivity index (χ3n) is 3.29. The van der Waals surface area contributed by atoms with E-state index in [0.717, 1.165) is 16.5 Å². The van der Waals surface area contributed by atoms with Crippen LogP contribution in [0, 0.1) is 5.82 Å². The van der Waals surface area contributed by atoms with Crippen molar-refractivity contribution in [3.05, 3.63) is 59.8 Å². The summed E-state index contributed by atoms with van der Waals surface area (Å²) in [7, 11) is 1.84. The Kier molecular flexibility index (Phi) is 3.82. The summed E-state index contributed by atoms with van der Waals surface area (Å²) in [6, 6.07) is 6.47. The Morgan fingerprint density at radius 3 is 3.05 bits per heavy atom. The molecule has 0 aliphatic rings. The number of fused-ring (bicyclic) bond motifs is 1. The summed E-state index contributed by atoms with van der Waals surface area (Å²) in [6.45, 7) is 1.99. The molecule has 2 aromatic heterocycles. The third-order valence-corrected chi connectivity index (χ3v) is 3.29. The van der Waals surface area contributed by atoms with E-state index in [-0.39, 0.29) is 12.4 Å². The van der Waals surface area contributed by atoms with Crippen LogP contribution < -0.4 is 0 Å². The molecule has 0 atom stereocenters. The van der Waals surface area contributed by atoms with Crippen molar-refractivity contribution in [3.8, 4) is 0 Å². The summed E-state index contributed by atoms with van der Waals surface area (Å²) in [5, 5.41) is 8.87. The number of pyridine rings is 1. The molecule has 0 fully saturated rings. The fourth-order valence-electron chi connectivity index (χ4n) is 2.20. The second-order valence-corrected chi connectivity index (χ2v) is 4.99. The fraction of sp³-hybridized carbons (Fsp3) is 0.188. The lowest BCUT2D eigenvalue weighted by molar-refractivity contribution is 0.131. The van der Waals surface area contributed by atoms with Crippen molar-refractivity contribution in [1.29, 1.82) is 0 Å². The molecule has 3 rings (SSSR count). The number of rotatable bonds is 4. The van der Waals surface area contributed by atoms with Crippen molar-refractivity contribution in [2.24, 2.45) is 12.2 Å². The molecule has 5 nitrogen and oxygen atoms in total. The highest BCUT2D eigenvalue weighted by Gasteiger charge is 2.06. The topological polar surface area (TPSA) is 52.3 Å². The van der Waals surface area contributed by atoms with Crippen LogP contribution in [0.25, 0.3) is 10.9 Å². The van der Waals surface area contributed by atoms with E-state index in [4.69, 9.17) is 4.84 Å². The molecule has 0 N–H and O–H groups in total. The predicted molar refractivity (Wildman–Crippen MR) is 81.9 cm³/mol. The van der Waals surface area contributed by atoms with E-state index >= 15 is 0 Å². The lowest BCUT2D eigenvalue weighted by atomic mass is 10.1. The van der Waals surface area contributed by atoms with Crippen LogP contribution in [0.4, 0.5) is 4.39 Å². The highest BCUT2D eigenvalue weighted by Crippen LogP contribution is 2.19. The van der Waals surface area contributed by atoms with Gasteiger partial charge in [0.2, 0.25) is 0 Å². The molecular formula is C16H15FN4O. The Hall–Kier alpha value is -2.76. The maximum atomic E-state index is 13.6. The molecule has 3 aromatic rings. The zero-order valence-electron chi connectivity index (χ0n) is 12.3. The Morgan fingerprint density at radius 2 is 2.27 bits per heavy atom. The smallest absolute Gasteiger partial charge is 0.144 e. The minimum Gasteiger partial charge on any atom is -0.391 e. The van der Waals surface area contributed by atoms with E-state index in [1.807, 2.05) is 26.2 Å². The normalized spacial score (nSPS) is 11.9. The molecule has 1 aromatic carbocycles. The molecule has 0 saturated heterocycles. The van der Waals surface area contributed by atoms with Crippen molar-refractivity contribution in [3.63, 3.8) is 0 Å². The van der Waals surface area contributed by atoms with Gasteiger partial charge in [0.25, 0.3) is 0 Å². The second kappa shape index (κ2) is 5.93. The van der Waals surface area contributed by atoms with Crippen molar-refractivity contribution in [2.75, 3.05) is 0 Å². The first kappa shape index (κ1) is 14.2. The predicted octanol–water partition coefficient (Wildman–Crippen LogP) is 3.05. The van der Waals surface area contributed by atoms with Crippen LogP contribution in [0.15, 0.2) is 48.0 Å². The van der Waals surface area contributed by atoms with Gasteiger partial charge in [-0.1, -0.05) is 11.2 Å². The van der Waals surface area contributed by atoms with Gasteiger partial charge in [-0.2, -0.15) is 5.10 Å². The monoisotopic (exact) mass is 298 g/mol. The van der Waals surface area contributed by atoms with Gasteiger partial charge in [0.15, 0.2) is 0 Å². The number of oxime groups is 1. The summed E-state index contributed by atoms with van der Waals surface area (Å²) in [5.41, 5.74) is 2.97. The molecule has 0 bridgehead atoms. The van der Waals surface area contributed by atoms with Crippen LogP contribution >= 0.6 is 0 Å². The third kappa shape index (κ3) is 2.95. The number of hydrogen-bond acceptors (Lipinski definition) is 4. The van der Waals surface area contributed by atoms with Gasteiger partial charge >= 0.3 is 0 Å². The summed E-state index contributed by atoms with van der Waals surface area (Å²) in [4.78, 5) is 9.63. The number of hydrogen-bond donors (Lipinski definition) is 0. The van der Waals surface area contributed by atoms with E-state index in [2.05, 4.69) is 15.2 Å². The molecule has 0 saturated carbocycles. The van der Waals surface area contributed by atoms with Crippen molar-refractivity contribution < 1.29 is 9.23 Å². The Bertz CT molecular complexity index is 841. The Labute approximate surface area is 127 Å². The van der Waals surface area contributed by atoms with Crippen LogP contribution in [0.5, 0.6) is 0 Å². The van der Waals surface area contributed by atoms with Crippen LogP contribution in [0.2, 0.25) is 0 Å². The Morgan fingerprint density at radius 1 is 1.41 bits per heavy atom. The van der Waals surface area contributed by atoms with Gasteiger partial charge in [0.05, 0.1) is 17.4 Å². The molecule has 2 heterocycles. The average molecular weight is 298 g/mol. The van der Waals surface area contributed by atoms with Crippen LogP contribution in [-0.4, -0.2) is 20.5 Å². The summed E-state index contributed by atoms with van der Waals surface area (Å²) < 4.78 is 15.3. The molecule has 0 unspecified atom stereocenters. The molecule has 0 aliphatic heterocycles. The number of aryl methyl sites for hydroxylation is 1. The first-order valence-corrected chi connectivity index (χ1v) is 6.82. The zero-order valence-corrected chi connectivity index (χ0v) is 12.3. The molecular weight excluding hydrogens is 283 g/mol. The highest BCUT2D eigenvalue weighted by atomic mass is 19.1. The lowest BCUT2D eigenvalue weighted by Gasteiger charge is -2.05. The minimum absolute atomic E-state index is 0.156. The number of benzene rings is 1. The van der Waals surface area contributed by atoms with Gasteiger partial charge in [0, 0.05) is 36.0 Å². The SMILES string of the molecule is C/C(=N\OCc1cc(F)cc2cccnc12)c1cnn(C)c1. The van der Waals surface area contributed by atoms with E-state index in [1.165, 1.54) is 12.1 Å². The number of aromatic nitrogens is 3. The van der Waals surface area contributed by atoms with Crippen LogP contribution in [-0.2, 0) is 18.5 Å². The van der Waals surface area contributed by atoms with Crippen molar-refractivity contribution in [1.82, 2.24) is 14.8 Å². The molecule has 22 heavy (non-hydrogen) atoms. The summed E-state index contributed by atoms with van der Waals surface area (Å²) in [6.07, 6.45) is 5.23. The first-order chi connectivity index (χ1) is 10.6. The van der Waals surface area contributed by atoms with Crippen molar-refractivity contribution in [2.45, 2.75) is 13.5 Å². The first-order valence-electron chi connectivity index (χ1n) is 6.82. The minimum atomic E-state index is -0.313. The molecule has 0 radical (unpaired) electrons. The van der Waals surface area contributed by atoms with Gasteiger partial charge in [-0.05, 0) is 25.1 Å². The number of halogens is 1. The standard InChI is InChI=1S/C16H15FN4O/c1-11(14-8-19-21(2)9-14)20-22-10-13-7-15(17)6-12-4-3-5-18-16(12)13/h3-9H,10H2,1-2H3/b20-11+. The molecule has 0 spiro atoms. The van der Waals surface area contributed by atoms with Gasteiger partial charge in [0.1, 0.15) is 12.4 Å². The Balaban J connectivity index is 1.79. The molecule has 6 heteroatoms. The molecule has 0 amide bonds. The van der Waals surface area contributed by atoms with E-state index in [1.54, 1.807) is 23.1 Å². The highest BCUT2D eigenvalue weighted by molar-refractivity contribution is 5.97. The summed E-state index contributed by atoms with van der Waals surface area (Å²) >= 11 is 0. The van der Waals surface area contributed by atoms with Crippen molar-refractivity contribution >= 4 is 16.6 Å². The maximum Gasteiger partial charge on any atom is 0.144 e. The lowest BCUT2D eigenvalue weighted by Crippen LogP contribution is -1.97. The van der Waals surface area contributed by atoms with Gasteiger partial charge < -0.3 is 4.84 Å². The zero-order chi connectivity index (χ0) is 15.5. The van der Waals surface area contributed by atoms with E-state index < -0.39 is 0 Å². The maximum absolute atomic E-state index is 13.6. The van der Waals surface area contributed by atoms with Crippen LogP contribution in [0.1, 0.15) is 18.1 Å². The quantitative estimate of drug-likeness (QED) is 0.549. The largest absolute Gasteiger partial charge is 0.391 e. The molecule has 112 valence electrons. The fourth-order valence-corrected chi connectivity index (χ4v) is 2.20. The van der Waals surface area contributed by atoms with Gasteiger partial charge in [-0.3, -0.25) is 9.67 Å². The van der Waals surface area contributed by atoms with E-state index in [9.17, 15) is 4.39 Å². The van der Waals surface area contributed by atoms with E-state index in [0.29, 0.717) is 11.3 Å². The summed E-state index contributed by atoms with van der Waals surface area (Å²) in [5.74, 6) is -0.313. The average Bonchev–Trinajstić information content (AvgIpc) is 2.93. The van der Waals surface area contributed by atoms with Gasteiger partial charge in [-0.15, -0.1) is 0 Å². The van der Waals surface area contributed by atoms with Crippen LogP contribution in [0.3, 0.4) is 0 Å². The number of nitrogens with zero attached hydrogens (tertiary/aromatic N) is 4.